The van der Waals surface area contributed by atoms with Gasteiger partial charge in [0, 0.05) is 12.8 Å². The minimum Gasteiger partial charge on any atom is -0.469 e. The number of rotatable bonds is 7. The molecule has 7 heteroatoms. The van der Waals surface area contributed by atoms with Crippen LogP contribution in [0.5, 0.6) is 0 Å². The zero-order valence-electron chi connectivity index (χ0n) is 14.7. The fourth-order valence-corrected chi connectivity index (χ4v) is 1.85. The third-order valence-corrected chi connectivity index (χ3v) is 2.90. The van der Waals surface area contributed by atoms with Gasteiger partial charge in [-0.05, 0) is 27.7 Å². The summed E-state index contributed by atoms with van der Waals surface area (Å²) in [6, 6.07) is -0.648. The molecule has 0 radical (unpaired) electrons. The average Bonchev–Trinajstić information content (AvgIpc) is 2.38. The number of carbonyl (C=O) groups is 3. The number of hydrogen-bond acceptors (Lipinski definition) is 6. The molecule has 0 aromatic heterocycles. The van der Waals surface area contributed by atoms with E-state index in [1.165, 1.54) is 14.0 Å². The molecule has 7 nitrogen and oxygen atoms in total. The average molecular weight is 329 g/mol. The molecule has 1 N–H and O–H groups in total. The smallest absolute Gasteiger partial charge is 0.408 e. The second kappa shape index (κ2) is 9.17. The molecule has 0 unspecified atom stereocenters. The number of carbonyl (C=O) groups excluding carboxylic acids is 3. The zero-order chi connectivity index (χ0) is 18.2. The highest BCUT2D eigenvalue weighted by Crippen LogP contribution is 2.20. The predicted octanol–water partition coefficient (Wildman–Crippen LogP) is 2.20. The molecular weight excluding hydrogens is 302 g/mol. The van der Waals surface area contributed by atoms with E-state index in [4.69, 9.17) is 9.47 Å². The summed E-state index contributed by atoms with van der Waals surface area (Å²) < 4.78 is 14.8. The first-order chi connectivity index (χ1) is 10.5. The van der Waals surface area contributed by atoms with E-state index >= 15 is 0 Å². The molecule has 0 fully saturated rings. The Hall–Kier alpha value is -2.05. The Kier molecular flexibility index (Phi) is 8.35. The van der Waals surface area contributed by atoms with Gasteiger partial charge in [-0.2, -0.15) is 0 Å². The summed E-state index contributed by atoms with van der Waals surface area (Å²) in [6.07, 6.45) is -0.654. The third-order valence-electron chi connectivity index (χ3n) is 2.90. The molecule has 0 aromatic carbocycles. The van der Waals surface area contributed by atoms with Gasteiger partial charge in [0.15, 0.2) is 0 Å². The Morgan fingerprint density at radius 2 is 1.74 bits per heavy atom. The fourth-order valence-electron chi connectivity index (χ4n) is 1.85. The standard InChI is InChI=1S/C16H27NO6/c1-10(2)12(8-14(19)21-7)13(9-22-11(3)18)17-15(20)23-16(4,5)6/h12-13H,1,8-9H2,2-7H3,(H,17,20)/t12-,13+/m0/s1. The first-order valence-corrected chi connectivity index (χ1v) is 7.31. The molecule has 0 rings (SSSR count). The molecule has 132 valence electrons. The molecule has 0 aliphatic rings. The van der Waals surface area contributed by atoms with Gasteiger partial charge in [0.05, 0.1) is 19.6 Å². The van der Waals surface area contributed by atoms with Gasteiger partial charge in [0.25, 0.3) is 0 Å². The second-order valence-corrected chi connectivity index (χ2v) is 6.29. The van der Waals surface area contributed by atoms with Crippen LogP contribution in [-0.4, -0.2) is 43.4 Å². The summed E-state index contributed by atoms with van der Waals surface area (Å²) in [4.78, 5) is 34.6. The summed E-state index contributed by atoms with van der Waals surface area (Å²) in [5, 5.41) is 2.63. The van der Waals surface area contributed by atoms with Crippen LogP contribution in [0.25, 0.3) is 0 Å². The zero-order valence-corrected chi connectivity index (χ0v) is 14.7. The molecule has 23 heavy (non-hydrogen) atoms. The lowest BCUT2D eigenvalue weighted by Crippen LogP contribution is -2.46. The normalized spacial score (nSPS) is 13.5. The number of amides is 1. The molecular formula is C16H27NO6. The highest BCUT2D eigenvalue weighted by Gasteiger charge is 2.29. The predicted molar refractivity (Wildman–Crippen MR) is 84.7 cm³/mol. The fraction of sp³-hybridized carbons (Fsp3) is 0.688. The summed E-state index contributed by atoms with van der Waals surface area (Å²) in [5.74, 6) is -1.38. The number of methoxy groups -OCH3 is 1. The molecule has 0 aromatic rings. The van der Waals surface area contributed by atoms with E-state index in [-0.39, 0.29) is 13.0 Å². The Bertz CT molecular complexity index is 452. The van der Waals surface area contributed by atoms with Crippen molar-refractivity contribution in [2.24, 2.45) is 5.92 Å². The van der Waals surface area contributed by atoms with E-state index in [2.05, 4.69) is 16.6 Å². The molecule has 0 saturated heterocycles. The molecule has 1 amide bonds. The van der Waals surface area contributed by atoms with Crippen molar-refractivity contribution in [3.63, 3.8) is 0 Å². The highest BCUT2D eigenvalue weighted by atomic mass is 16.6. The van der Waals surface area contributed by atoms with Crippen LogP contribution in [0.1, 0.15) is 41.0 Å². The van der Waals surface area contributed by atoms with Crippen molar-refractivity contribution in [3.05, 3.63) is 12.2 Å². The van der Waals surface area contributed by atoms with Gasteiger partial charge < -0.3 is 19.5 Å². The Balaban J connectivity index is 5.13. The van der Waals surface area contributed by atoms with Crippen molar-refractivity contribution in [1.82, 2.24) is 5.32 Å². The van der Waals surface area contributed by atoms with Crippen LogP contribution in [0.2, 0.25) is 0 Å². The topological polar surface area (TPSA) is 90.9 Å². The Morgan fingerprint density at radius 3 is 2.13 bits per heavy atom. The van der Waals surface area contributed by atoms with E-state index in [9.17, 15) is 14.4 Å². The van der Waals surface area contributed by atoms with E-state index in [0.29, 0.717) is 5.57 Å². The monoisotopic (exact) mass is 329 g/mol. The van der Waals surface area contributed by atoms with Crippen molar-refractivity contribution < 1.29 is 28.6 Å². The van der Waals surface area contributed by atoms with Crippen molar-refractivity contribution in [2.75, 3.05) is 13.7 Å². The van der Waals surface area contributed by atoms with Crippen LogP contribution < -0.4 is 5.32 Å². The molecule has 2 atom stereocenters. The molecule has 0 bridgehead atoms. The maximum atomic E-state index is 12.0. The summed E-state index contributed by atoms with van der Waals surface area (Å²) in [6.45, 7) is 11.9. The van der Waals surface area contributed by atoms with E-state index in [0.717, 1.165) is 0 Å². The summed E-state index contributed by atoms with van der Waals surface area (Å²) in [7, 11) is 1.28. The molecule has 0 heterocycles. The van der Waals surface area contributed by atoms with Gasteiger partial charge in [-0.15, -0.1) is 0 Å². The van der Waals surface area contributed by atoms with Crippen LogP contribution in [0, 0.1) is 5.92 Å². The van der Waals surface area contributed by atoms with E-state index in [1.54, 1.807) is 27.7 Å². The lowest BCUT2D eigenvalue weighted by molar-refractivity contribution is -0.143. The van der Waals surface area contributed by atoms with Crippen LogP contribution >= 0.6 is 0 Å². The quantitative estimate of drug-likeness (QED) is 0.437. The van der Waals surface area contributed by atoms with Gasteiger partial charge in [0.2, 0.25) is 0 Å². The third kappa shape index (κ3) is 9.55. The van der Waals surface area contributed by atoms with Gasteiger partial charge >= 0.3 is 18.0 Å². The highest BCUT2D eigenvalue weighted by molar-refractivity contribution is 5.71. The van der Waals surface area contributed by atoms with Gasteiger partial charge in [-0.1, -0.05) is 12.2 Å². The van der Waals surface area contributed by atoms with Gasteiger partial charge in [-0.25, -0.2) is 4.79 Å². The minimum atomic E-state index is -0.670. The largest absolute Gasteiger partial charge is 0.469 e. The number of nitrogens with one attached hydrogen (secondary N) is 1. The van der Waals surface area contributed by atoms with Crippen LogP contribution in [0.3, 0.4) is 0 Å². The lowest BCUT2D eigenvalue weighted by Gasteiger charge is -2.29. The van der Waals surface area contributed by atoms with Crippen molar-refractivity contribution >= 4 is 18.0 Å². The molecule has 0 aliphatic carbocycles. The Morgan fingerprint density at radius 1 is 1.17 bits per heavy atom. The van der Waals surface area contributed by atoms with Crippen LogP contribution in [0.4, 0.5) is 4.79 Å². The van der Waals surface area contributed by atoms with Crippen LogP contribution in [0.15, 0.2) is 12.2 Å². The van der Waals surface area contributed by atoms with Crippen molar-refractivity contribution in [1.29, 1.82) is 0 Å². The first-order valence-electron chi connectivity index (χ1n) is 7.31. The number of ether oxygens (including phenoxy) is 3. The van der Waals surface area contributed by atoms with Gasteiger partial charge in [-0.3, -0.25) is 9.59 Å². The maximum Gasteiger partial charge on any atom is 0.408 e. The lowest BCUT2D eigenvalue weighted by atomic mass is 9.90. The minimum absolute atomic E-state index is 0.00750. The summed E-state index contributed by atoms with van der Waals surface area (Å²) >= 11 is 0. The number of hydrogen-bond donors (Lipinski definition) is 1. The first kappa shape index (κ1) is 20.9. The molecule has 0 aliphatic heterocycles. The Labute approximate surface area is 137 Å². The number of alkyl carbamates (subject to hydrolysis) is 1. The van der Waals surface area contributed by atoms with Crippen molar-refractivity contribution in [2.45, 2.75) is 52.7 Å². The second-order valence-electron chi connectivity index (χ2n) is 6.29. The maximum absolute atomic E-state index is 12.0. The number of esters is 2. The SMILES string of the molecule is C=C(C)[C@H](CC(=O)OC)[C@@H](COC(C)=O)NC(=O)OC(C)(C)C. The molecule has 0 saturated carbocycles. The van der Waals surface area contributed by atoms with E-state index < -0.39 is 35.6 Å². The van der Waals surface area contributed by atoms with Crippen molar-refractivity contribution in [3.8, 4) is 0 Å². The van der Waals surface area contributed by atoms with Crippen LogP contribution in [-0.2, 0) is 23.8 Å². The van der Waals surface area contributed by atoms with E-state index in [1.807, 2.05) is 0 Å². The van der Waals surface area contributed by atoms with Gasteiger partial charge in [0.1, 0.15) is 12.2 Å². The summed E-state index contributed by atoms with van der Waals surface area (Å²) in [5.41, 5.74) is -0.0134. The molecule has 0 spiro atoms.